The van der Waals surface area contributed by atoms with Crippen LogP contribution >= 0.6 is 0 Å². The molecule has 3 nitrogen and oxygen atoms in total. The Hall–Kier alpha value is -1.64. The van der Waals surface area contributed by atoms with Gasteiger partial charge in [0.05, 0.1) is 5.52 Å². The highest BCUT2D eigenvalue weighted by Gasteiger charge is 2.19. The molecule has 76 valence electrons. The molecule has 3 heteroatoms. The minimum absolute atomic E-state index is 0.584. The van der Waals surface area contributed by atoms with Gasteiger partial charge in [-0.2, -0.15) is 0 Å². The number of anilines is 1. The van der Waals surface area contributed by atoms with Crippen LogP contribution in [0.2, 0.25) is 0 Å². The third kappa shape index (κ3) is 1.35. The van der Waals surface area contributed by atoms with Crippen molar-refractivity contribution in [3.05, 3.63) is 30.1 Å². The van der Waals surface area contributed by atoms with Crippen LogP contribution in [0.3, 0.4) is 0 Å². The number of hydrogen-bond donors (Lipinski definition) is 1. The molecule has 1 aromatic carbocycles. The van der Waals surface area contributed by atoms with Gasteiger partial charge in [-0.3, -0.25) is 0 Å². The summed E-state index contributed by atoms with van der Waals surface area (Å²) in [6.07, 6.45) is 5.47. The van der Waals surface area contributed by atoms with Gasteiger partial charge >= 0.3 is 0 Å². The molecule has 2 N–H and O–H groups in total. The Morgan fingerprint density at radius 2 is 2.07 bits per heavy atom. The van der Waals surface area contributed by atoms with Gasteiger partial charge in [0, 0.05) is 5.39 Å². The first kappa shape index (κ1) is 8.65. The molecule has 1 aliphatic carbocycles. The van der Waals surface area contributed by atoms with Crippen LogP contribution in [0.4, 0.5) is 5.82 Å². The van der Waals surface area contributed by atoms with Crippen molar-refractivity contribution in [3.63, 3.8) is 0 Å². The van der Waals surface area contributed by atoms with E-state index in [0.717, 1.165) is 16.8 Å². The summed E-state index contributed by atoms with van der Waals surface area (Å²) in [5, 5.41) is 0.988. The van der Waals surface area contributed by atoms with E-state index < -0.39 is 0 Å². The number of rotatable bonds is 1. The summed E-state index contributed by atoms with van der Waals surface area (Å²) < 4.78 is 0. The van der Waals surface area contributed by atoms with E-state index >= 15 is 0 Å². The molecular formula is C12H13N3. The van der Waals surface area contributed by atoms with Crippen molar-refractivity contribution in [1.29, 1.82) is 0 Å². The Morgan fingerprint density at radius 3 is 2.80 bits per heavy atom. The van der Waals surface area contributed by atoms with Crippen molar-refractivity contribution in [2.45, 2.75) is 25.2 Å². The van der Waals surface area contributed by atoms with Crippen molar-refractivity contribution in [2.24, 2.45) is 0 Å². The van der Waals surface area contributed by atoms with Crippen molar-refractivity contribution in [1.82, 2.24) is 9.97 Å². The van der Waals surface area contributed by atoms with Crippen molar-refractivity contribution < 1.29 is 0 Å². The highest BCUT2D eigenvalue weighted by molar-refractivity contribution is 5.88. The number of nitrogens with two attached hydrogens (primary N) is 1. The monoisotopic (exact) mass is 199 g/mol. The first-order chi connectivity index (χ1) is 7.34. The fourth-order valence-electron chi connectivity index (χ4n) is 2.09. The van der Waals surface area contributed by atoms with E-state index in [2.05, 4.69) is 22.1 Å². The molecule has 0 bridgehead atoms. The average molecular weight is 199 g/mol. The van der Waals surface area contributed by atoms with Gasteiger partial charge in [0.1, 0.15) is 12.1 Å². The minimum Gasteiger partial charge on any atom is -0.383 e. The highest BCUT2D eigenvalue weighted by Crippen LogP contribution is 2.37. The second kappa shape index (κ2) is 3.19. The van der Waals surface area contributed by atoms with Gasteiger partial charge in [-0.25, -0.2) is 9.97 Å². The molecule has 0 unspecified atom stereocenters. The Balaban J connectivity index is 2.15. The van der Waals surface area contributed by atoms with Crippen LogP contribution in [-0.4, -0.2) is 9.97 Å². The number of nitrogens with zero attached hydrogens (tertiary/aromatic N) is 2. The lowest BCUT2D eigenvalue weighted by Crippen LogP contribution is -2.08. The molecule has 0 radical (unpaired) electrons. The topological polar surface area (TPSA) is 51.8 Å². The van der Waals surface area contributed by atoms with E-state index in [4.69, 9.17) is 5.73 Å². The zero-order chi connectivity index (χ0) is 10.3. The number of fused-ring (bicyclic) bond motifs is 1. The molecule has 0 amide bonds. The summed E-state index contributed by atoms with van der Waals surface area (Å²) in [7, 11) is 0. The largest absolute Gasteiger partial charge is 0.383 e. The van der Waals surface area contributed by atoms with Crippen LogP contribution in [0, 0.1) is 0 Å². The maximum absolute atomic E-state index is 5.83. The highest BCUT2D eigenvalue weighted by atomic mass is 14.9. The zero-order valence-electron chi connectivity index (χ0n) is 8.48. The number of benzene rings is 1. The Kier molecular flexibility index (Phi) is 1.84. The van der Waals surface area contributed by atoms with Gasteiger partial charge in [0.15, 0.2) is 0 Å². The molecule has 1 heterocycles. The van der Waals surface area contributed by atoms with Gasteiger partial charge in [-0.05, 0) is 36.5 Å². The second-order valence-corrected chi connectivity index (χ2v) is 4.16. The molecule has 2 aromatic rings. The molecule has 1 aliphatic rings. The lowest BCUT2D eigenvalue weighted by molar-refractivity contribution is 0.420. The smallest absolute Gasteiger partial charge is 0.134 e. The van der Waals surface area contributed by atoms with E-state index in [0.29, 0.717) is 5.82 Å². The Morgan fingerprint density at radius 1 is 1.20 bits per heavy atom. The first-order valence-corrected chi connectivity index (χ1v) is 5.35. The van der Waals surface area contributed by atoms with Crippen LogP contribution in [0.5, 0.6) is 0 Å². The van der Waals surface area contributed by atoms with Crippen LogP contribution in [-0.2, 0) is 0 Å². The second-order valence-electron chi connectivity index (χ2n) is 4.16. The van der Waals surface area contributed by atoms with Crippen LogP contribution < -0.4 is 5.73 Å². The Labute approximate surface area is 88.3 Å². The lowest BCUT2D eigenvalue weighted by Gasteiger charge is -2.25. The van der Waals surface area contributed by atoms with Gasteiger partial charge < -0.3 is 5.73 Å². The zero-order valence-corrected chi connectivity index (χ0v) is 8.48. The summed E-state index contributed by atoms with van der Waals surface area (Å²) in [5.41, 5.74) is 8.15. The van der Waals surface area contributed by atoms with Gasteiger partial charge in [-0.15, -0.1) is 0 Å². The minimum atomic E-state index is 0.584. The maximum atomic E-state index is 5.83. The SMILES string of the molecule is Nc1ncnc2ccc(C3CCC3)cc12. The molecular weight excluding hydrogens is 186 g/mol. The number of nitrogen functional groups attached to an aromatic ring is 1. The fourth-order valence-corrected chi connectivity index (χ4v) is 2.09. The van der Waals surface area contributed by atoms with Gasteiger partial charge in [-0.1, -0.05) is 12.5 Å². The van der Waals surface area contributed by atoms with Gasteiger partial charge in [0.25, 0.3) is 0 Å². The molecule has 1 saturated carbocycles. The summed E-state index contributed by atoms with van der Waals surface area (Å²) in [6.45, 7) is 0. The summed E-state index contributed by atoms with van der Waals surface area (Å²) >= 11 is 0. The normalized spacial score (nSPS) is 16.5. The van der Waals surface area contributed by atoms with E-state index in [1.54, 1.807) is 0 Å². The summed E-state index contributed by atoms with van der Waals surface area (Å²) in [4.78, 5) is 8.21. The molecule has 0 saturated heterocycles. The third-order valence-electron chi connectivity index (χ3n) is 3.27. The number of aromatic nitrogens is 2. The predicted octanol–water partition coefficient (Wildman–Crippen LogP) is 2.48. The van der Waals surface area contributed by atoms with Gasteiger partial charge in [0.2, 0.25) is 0 Å². The third-order valence-corrected chi connectivity index (χ3v) is 3.27. The quantitative estimate of drug-likeness (QED) is 0.767. The van der Waals surface area contributed by atoms with E-state index in [-0.39, 0.29) is 0 Å². The van der Waals surface area contributed by atoms with Crippen LogP contribution in [0.25, 0.3) is 10.9 Å². The van der Waals surface area contributed by atoms with Crippen molar-refractivity contribution in [3.8, 4) is 0 Å². The lowest BCUT2D eigenvalue weighted by atomic mass is 9.80. The fraction of sp³-hybridized carbons (Fsp3) is 0.333. The molecule has 0 spiro atoms. The summed E-state index contributed by atoms with van der Waals surface area (Å²) in [5.74, 6) is 1.31. The van der Waals surface area contributed by atoms with Crippen LogP contribution in [0.1, 0.15) is 30.7 Å². The van der Waals surface area contributed by atoms with Crippen molar-refractivity contribution in [2.75, 3.05) is 5.73 Å². The standard InChI is InChI=1S/C12H13N3/c13-12-10-6-9(8-2-1-3-8)4-5-11(10)14-7-15-12/h4-8H,1-3H2,(H2,13,14,15). The number of hydrogen-bond acceptors (Lipinski definition) is 3. The summed E-state index contributed by atoms with van der Waals surface area (Å²) in [6, 6.07) is 6.36. The Bertz CT molecular complexity index is 503. The predicted molar refractivity (Wildman–Crippen MR) is 60.5 cm³/mol. The first-order valence-electron chi connectivity index (χ1n) is 5.35. The molecule has 1 fully saturated rings. The average Bonchev–Trinajstić information content (AvgIpc) is 2.17. The van der Waals surface area contributed by atoms with E-state index in [1.165, 1.54) is 31.2 Å². The molecule has 0 aliphatic heterocycles. The molecule has 3 rings (SSSR count). The van der Waals surface area contributed by atoms with Crippen molar-refractivity contribution >= 4 is 16.7 Å². The van der Waals surface area contributed by atoms with E-state index in [1.807, 2.05) is 6.07 Å². The van der Waals surface area contributed by atoms with E-state index in [9.17, 15) is 0 Å². The molecule has 1 aromatic heterocycles. The molecule has 15 heavy (non-hydrogen) atoms. The molecule has 0 atom stereocenters. The maximum Gasteiger partial charge on any atom is 0.134 e. The van der Waals surface area contributed by atoms with Crippen LogP contribution in [0.15, 0.2) is 24.5 Å².